The molecule has 0 aromatic heterocycles. The summed E-state index contributed by atoms with van der Waals surface area (Å²) >= 11 is 0. The van der Waals surface area contributed by atoms with Crippen molar-refractivity contribution in [2.45, 2.75) is 23.8 Å². The van der Waals surface area contributed by atoms with E-state index in [2.05, 4.69) is 10.0 Å². The second kappa shape index (κ2) is 9.17. The second-order valence-corrected chi connectivity index (χ2v) is 7.41. The van der Waals surface area contributed by atoms with Crippen molar-refractivity contribution in [3.63, 3.8) is 0 Å². The first kappa shape index (κ1) is 20.6. The van der Waals surface area contributed by atoms with Crippen molar-refractivity contribution in [2.24, 2.45) is 0 Å². The van der Waals surface area contributed by atoms with Crippen LogP contribution in [-0.4, -0.2) is 52.5 Å². The van der Waals surface area contributed by atoms with E-state index in [4.69, 9.17) is 0 Å². The largest absolute Gasteiger partial charge is 0.338 e. The molecule has 1 aliphatic heterocycles. The summed E-state index contributed by atoms with van der Waals surface area (Å²) in [7, 11) is -0.143. The lowest BCUT2D eigenvalue weighted by Crippen LogP contribution is -2.46. The monoisotopic (exact) mass is 373 g/mol. The molecule has 1 aromatic rings. The Hall–Kier alpha value is -1.41. The molecule has 1 amide bonds. The van der Waals surface area contributed by atoms with Crippen LogP contribution in [0.25, 0.3) is 6.08 Å². The smallest absolute Gasteiger partial charge is 0.246 e. The minimum Gasteiger partial charge on any atom is -0.338 e. The molecule has 1 saturated heterocycles. The zero-order chi connectivity index (χ0) is 16.9. The predicted molar refractivity (Wildman–Crippen MR) is 97.6 cm³/mol. The Labute approximate surface area is 149 Å². The normalized spacial score (nSPS) is 18.4. The number of piperidine rings is 1. The molecule has 0 aliphatic carbocycles. The molecule has 0 bridgehead atoms. The third-order valence-corrected chi connectivity index (χ3v) is 5.45. The maximum atomic E-state index is 12.2. The number of rotatable bonds is 5. The van der Waals surface area contributed by atoms with Gasteiger partial charge >= 0.3 is 0 Å². The number of likely N-dealkylation sites (N-methyl/N-ethyl adjacent to an activating group) is 1. The van der Waals surface area contributed by atoms with E-state index in [1.807, 2.05) is 11.9 Å². The molecular weight excluding hydrogens is 350 g/mol. The van der Waals surface area contributed by atoms with Gasteiger partial charge in [0.1, 0.15) is 0 Å². The van der Waals surface area contributed by atoms with E-state index < -0.39 is 10.0 Å². The molecule has 1 unspecified atom stereocenters. The summed E-state index contributed by atoms with van der Waals surface area (Å²) in [5.74, 6) is -0.0168. The van der Waals surface area contributed by atoms with Crippen LogP contribution in [0.3, 0.4) is 0 Å². The SMILES string of the molecule is CNC1CCCN(C(=O)C=Cc2ccc(S(=O)(=O)NC)cc2)C1.Cl. The van der Waals surface area contributed by atoms with E-state index in [-0.39, 0.29) is 23.2 Å². The van der Waals surface area contributed by atoms with Gasteiger partial charge in [0.25, 0.3) is 0 Å². The quantitative estimate of drug-likeness (QED) is 0.761. The molecule has 1 fully saturated rings. The van der Waals surface area contributed by atoms with Crippen LogP contribution in [0.4, 0.5) is 0 Å². The van der Waals surface area contributed by atoms with Crippen LogP contribution in [0.2, 0.25) is 0 Å². The van der Waals surface area contributed by atoms with Crippen LogP contribution in [-0.2, 0) is 14.8 Å². The van der Waals surface area contributed by atoms with Crippen molar-refractivity contribution in [3.8, 4) is 0 Å². The Morgan fingerprint density at radius 1 is 1.25 bits per heavy atom. The molecule has 6 nitrogen and oxygen atoms in total. The molecule has 0 radical (unpaired) electrons. The molecule has 1 heterocycles. The summed E-state index contributed by atoms with van der Waals surface area (Å²) in [4.78, 5) is 14.3. The zero-order valence-corrected chi connectivity index (χ0v) is 15.5. The van der Waals surface area contributed by atoms with Gasteiger partial charge in [0.05, 0.1) is 4.90 Å². The number of hydrogen-bond acceptors (Lipinski definition) is 4. The Morgan fingerprint density at radius 2 is 1.92 bits per heavy atom. The Kier molecular flexibility index (Phi) is 7.89. The van der Waals surface area contributed by atoms with E-state index in [0.717, 1.165) is 31.5 Å². The summed E-state index contributed by atoms with van der Waals surface area (Å²) in [6.07, 6.45) is 5.34. The number of carbonyl (C=O) groups excluding carboxylic acids is 1. The molecule has 0 spiro atoms. The fraction of sp³-hybridized carbons (Fsp3) is 0.438. The molecular formula is C16H24ClN3O3S. The summed E-state index contributed by atoms with van der Waals surface area (Å²) in [5, 5.41) is 3.21. The maximum absolute atomic E-state index is 12.2. The number of hydrogen-bond donors (Lipinski definition) is 2. The molecule has 134 valence electrons. The van der Waals surface area contributed by atoms with Crippen LogP contribution in [0.5, 0.6) is 0 Å². The van der Waals surface area contributed by atoms with Gasteiger partial charge in [0, 0.05) is 25.2 Å². The molecule has 0 saturated carbocycles. The van der Waals surface area contributed by atoms with Crippen molar-refractivity contribution in [1.29, 1.82) is 0 Å². The number of carbonyl (C=O) groups is 1. The van der Waals surface area contributed by atoms with Crippen molar-refractivity contribution >= 4 is 34.4 Å². The van der Waals surface area contributed by atoms with Crippen molar-refractivity contribution < 1.29 is 13.2 Å². The molecule has 1 aliphatic rings. The first-order chi connectivity index (χ1) is 11.0. The lowest BCUT2D eigenvalue weighted by atomic mass is 10.1. The van der Waals surface area contributed by atoms with Crippen LogP contribution in [0, 0.1) is 0 Å². The number of likely N-dealkylation sites (tertiary alicyclic amines) is 1. The van der Waals surface area contributed by atoms with Gasteiger partial charge in [-0.05, 0) is 50.7 Å². The third-order valence-electron chi connectivity index (χ3n) is 4.02. The van der Waals surface area contributed by atoms with E-state index in [9.17, 15) is 13.2 Å². The van der Waals surface area contributed by atoms with Gasteiger partial charge in [0.15, 0.2) is 0 Å². The highest BCUT2D eigenvalue weighted by Gasteiger charge is 2.20. The van der Waals surface area contributed by atoms with Gasteiger partial charge in [-0.3, -0.25) is 4.79 Å². The van der Waals surface area contributed by atoms with Gasteiger partial charge in [-0.15, -0.1) is 12.4 Å². The highest BCUT2D eigenvalue weighted by atomic mass is 35.5. The number of nitrogens with zero attached hydrogens (tertiary/aromatic N) is 1. The molecule has 1 atom stereocenters. The number of halogens is 1. The van der Waals surface area contributed by atoms with E-state index in [1.54, 1.807) is 24.3 Å². The lowest BCUT2D eigenvalue weighted by Gasteiger charge is -2.31. The zero-order valence-electron chi connectivity index (χ0n) is 13.9. The van der Waals surface area contributed by atoms with Crippen LogP contribution in [0.15, 0.2) is 35.2 Å². The standard InChI is InChI=1S/C16H23N3O3S.ClH/c1-17-14-4-3-11-19(12-14)16(20)10-7-13-5-8-15(9-6-13)23(21,22)18-2;/h5-10,14,17-18H,3-4,11-12H2,1-2H3;1H. The fourth-order valence-electron chi connectivity index (χ4n) is 2.56. The van der Waals surface area contributed by atoms with Crippen LogP contribution in [0.1, 0.15) is 18.4 Å². The molecule has 24 heavy (non-hydrogen) atoms. The Balaban J connectivity index is 0.00000288. The lowest BCUT2D eigenvalue weighted by molar-refractivity contribution is -0.127. The number of nitrogens with one attached hydrogen (secondary N) is 2. The Morgan fingerprint density at radius 3 is 2.50 bits per heavy atom. The summed E-state index contributed by atoms with van der Waals surface area (Å²) in [6.45, 7) is 1.50. The van der Waals surface area contributed by atoms with Gasteiger partial charge < -0.3 is 10.2 Å². The highest BCUT2D eigenvalue weighted by Crippen LogP contribution is 2.13. The maximum Gasteiger partial charge on any atom is 0.246 e. The first-order valence-electron chi connectivity index (χ1n) is 7.64. The van der Waals surface area contributed by atoms with Crippen LogP contribution >= 0.6 is 12.4 Å². The third kappa shape index (κ3) is 5.31. The van der Waals surface area contributed by atoms with E-state index in [1.165, 1.54) is 19.2 Å². The molecule has 2 N–H and O–H groups in total. The van der Waals surface area contributed by atoms with E-state index in [0.29, 0.717) is 6.04 Å². The van der Waals surface area contributed by atoms with Crippen molar-refractivity contribution in [2.75, 3.05) is 27.2 Å². The number of amides is 1. The van der Waals surface area contributed by atoms with E-state index >= 15 is 0 Å². The van der Waals surface area contributed by atoms with Gasteiger partial charge in [-0.25, -0.2) is 13.1 Å². The average Bonchev–Trinajstić information content (AvgIpc) is 2.60. The predicted octanol–water partition coefficient (Wildman–Crippen LogP) is 1.24. The highest BCUT2D eigenvalue weighted by molar-refractivity contribution is 7.89. The minimum absolute atomic E-state index is 0. The van der Waals surface area contributed by atoms with Gasteiger partial charge in [-0.1, -0.05) is 12.1 Å². The fourth-order valence-corrected chi connectivity index (χ4v) is 3.29. The van der Waals surface area contributed by atoms with Crippen molar-refractivity contribution in [1.82, 2.24) is 14.9 Å². The summed E-state index contributed by atoms with van der Waals surface area (Å²) in [6, 6.07) is 6.76. The number of benzene rings is 1. The summed E-state index contributed by atoms with van der Waals surface area (Å²) < 4.78 is 25.6. The Bertz CT molecular complexity index is 674. The van der Waals surface area contributed by atoms with Crippen LogP contribution < -0.4 is 10.0 Å². The number of sulfonamides is 1. The molecule has 2 rings (SSSR count). The van der Waals surface area contributed by atoms with Crippen molar-refractivity contribution in [3.05, 3.63) is 35.9 Å². The molecule has 8 heteroatoms. The topological polar surface area (TPSA) is 78.5 Å². The second-order valence-electron chi connectivity index (χ2n) is 5.52. The summed E-state index contributed by atoms with van der Waals surface area (Å²) in [5.41, 5.74) is 0.788. The molecule has 1 aromatic carbocycles. The van der Waals surface area contributed by atoms with Gasteiger partial charge in [-0.2, -0.15) is 0 Å². The average molecular weight is 374 g/mol. The first-order valence-corrected chi connectivity index (χ1v) is 9.12. The van der Waals surface area contributed by atoms with Gasteiger partial charge in [0.2, 0.25) is 15.9 Å². The minimum atomic E-state index is -3.43.